The SMILES string of the molecule is COc1ccc(/C=C(/C(=O)NCCSCc2ccccc2Cl)c2ccccc2)cc1. The fraction of sp³-hybridized carbons (Fsp3) is 0.160. The number of benzene rings is 3. The molecule has 1 amide bonds. The van der Waals surface area contributed by atoms with E-state index in [9.17, 15) is 4.79 Å². The molecule has 3 aromatic rings. The number of methoxy groups -OCH3 is 1. The van der Waals surface area contributed by atoms with Crippen LogP contribution in [-0.2, 0) is 10.5 Å². The summed E-state index contributed by atoms with van der Waals surface area (Å²) in [5.74, 6) is 2.33. The van der Waals surface area contributed by atoms with Crippen molar-refractivity contribution >= 4 is 40.9 Å². The van der Waals surface area contributed by atoms with Gasteiger partial charge in [0, 0.05) is 28.6 Å². The Morgan fingerprint density at radius 3 is 2.40 bits per heavy atom. The first kappa shape index (κ1) is 22.0. The smallest absolute Gasteiger partial charge is 0.251 e. The van der Waals surface area contributed by atoms with Gasteiger partial charge in [0.05, 0.1) is 7.11 Å². The molecule has 0 fully saturated rings. The van der Waals surface area contributed by atoms with E-state index in [1.54, 1.807) is 18.9 Å². The van der Waals surface area contributed by atoms with Crippen molar-refractivity contribution in [1.82, 2.24) is 5.32 Å². The maximum Gasteiger partial charge on any atom is 0.251 e. The lowest BCUT2D eigenvalue weighted by Crippen LogP contribution is -2.26. The Labute approximate surface area is 187 Å². The van der Waals surface area contributed by atoms with Crippen LogP contribution < -0.4 is 10.1 Å². The van der Waals surface area contributed by atoms with E-state index in [0.29, 0.717) is 12.1 Å². The van der Waals surface area contributed by atoms with Gasteiger partial charge in [-0.05, 0) is 41.0 Å². The predicted octanol–water partition coefficient (Wildman–Crippen LogP) is 5.94. The molecule has 0 atom stereocenters. The summed E-state index contributed by atoms with van der Waals surface area (Å²) in [5.41, 5.74) is 3.57. The fourth-order valence-corrected chi connectivity index (χ4v) is 4.04. The number of carbonyl (C=O) groups is 1. The quantitative estimate of drug-likeness (QED) is 0.256. The van der Waals surface area contributed by atoms with Gasteiger partial charge in [0.25, 0.3) is 5.91 Å². The summed E-state index contributed by atoms with van der Waals surface area (Å²) in [6, 6.07) is 25.2. The standard InChI is InChI=1S/C25H24ClNO2S/c1-29-22-13-11-19(12-14-22)17-23(20-7-3-2-4-8-20)25(28)27-15-16-30-18-21-9-5-6-10-24(21)26/h2-14,17H,15-16,18H2,1H3,(H,27,28)/b23-17+. The molecule has 154 valence electrons. The molecule has 1 N–H and O–H groups in total. The number of hydrogen-bond acceptors (Lipinski definition) is 3. The lowest BCUT2D eigenvalue weighted by Gasteiger charge is -2.10. The molecule has 30 heavy (non-hydrogen) atoms. The zero-order chi connectivity index (χ0) is 21.2. The van der Waals surface area contributed by atoms with Crippen molar-refractivity contribution in [3.63, 3.8) is 0 Å². The van der Waals surface area contributed by atoms with Crippen LogP contribution in [0.15, 0.2) is 78.9 Å². The molecule has 0 aromatic heterocycles. The first-order valence-corrected chi connectivity index (χ1v) is 11.2. The van der Waals surface area contributed by atoms with Crippen LogP contribution in [0.2, 0.25) is 5.02 Å². The monoisotopic (exact) mass is 437 g/mol. The molecule has 0 aliphatic heterocycles. The van der Waals surface area contributed by atoms with E-state index >= 15 is 0 Å². The first-order chi connectivity index (χ1) is 14.7. The molecule has 0 bridgehead atoms. The number of thioether (sulfide) groups is 1. The second kappa shape index (κ2) is 11.5. The topological polar surface area (TPSA) is 38.3 Å². The minimum absolute atomic E-state index is 0.0876. The fourth-order valence-electron chi connectivity index (χ4n) is 2.89. The van der Waals surface area contributed by atoms with Crippen LogP contribution >= 0.6 is 23.4 Å². The molecular formula is C25H24ClNO2S. The Morgan fingerprint density at radius 1 is 1.00 bits per heavy atom. The number of rotatable bonds is 9. The van der Waals surface area contributed by atoms with Gasteiger partial charge in [-0.1, -0.05) is 72.3 Å². The molecule has 0 spiro atoms. The Kier molecular flexibility index (Phi) is 8.42. The van der Waals surface area contributed by atoms with Gasteiger partial charge in [0.2, 0.25) is 0 Å². The van der Waals surface area contributed by atoms with E-state index in [0.717, 1.165) is 39.0 Å². The minimum Gasteiger partial charge on any atom is -0.497 e. The molecule has 5 heteroatoms. The van der Waals surface area contributed by atoms with E-state index in [2.05, 4.69) is 5.32 Å². The average Bonchev–Trinajstić information content (AvgIpc) is 2.79. The average molecular weight is 438 g/mol. The van der Waals surface area contributed by atoms with Gasteiger partial charge in [0.1, 0.15) is 5.75 Å². The summed E-state index contributed by atoms with van der Waals surface area (Å²) in [5, 5.41) is 3.82. The predicted molar refractivity (Wildman–Crippen MR) is 128 cm³/mol. The summed E-state index contributed by atoms with van der Waals surface area (Å²) in [4.78, 5) is 12.9. The zero-order valence-electron chi connectivity index (χ0n) is 16.8. The van der Waals surface area contributed by atoms with Gasteiger partial charge in [-0.25, -0.2) is 0 Å². The molecule has 0 aliphatic rings. The molecular weight excluding hydrogens is 414 g/mol. The molecule has 3 rings (SSSR count). The lowest BCUT2D eigenvalue weighted by atomic mass is 10.0. The van der Waals surface area contributed by atoms with Crippen LogP contribution in [0.1, 0.15) is 16.7 Å². The number of nitrogens with one attached hydrogen (secondary N) is 1. The largest absolute Gasteiger partial charge is 0.497 e. The van der Waals surface area contributed by atoms with Crippen LogP contribution in [0.4, 0.5) is 0 Å². The molecule has 3 nitrogen and oxygen atoms in total. The van der Waals surface area contributed by atoms with Crippen LogP contribution in [0.5, 0.6) is 5.75 Å². The number of ether oxygens (including phenoxy) is 1. The van der Waals surface area contributed by atoms with Crippen molar-refractivity contribution in [2.24, 2.45) is 0 Å². The summed E-state index contributed by atoms with van der Waals surface area (Å²) < 4.78 is 5.21. The van der Waals surface area contributed by atoms with Gasteiger partial charge in [-0.2, -0.15) is 11.8 Å². The van der Waals surface area contributed by atoms with Gasteiger partial charge < -0.3 is 10.1 Å². The van der Waals surface area contributed by atoms with Crippen molar-refractivity contribution in [2.45, 2.75) is 5.75 Å². The highest BCUT2D eigenvalue weighted by molar-refractivity contribution is 7.98. The molecule has 0 radical (unpaired) electrons. The molecule has 0 aliphatic carbocycles. The second-order valence-corrected chi connectivity index (χ2v) is 8.11. The summed E-state index contributed by atoms with van der Waals surface area (Å²) >= 11 is 7.94. The Balaban J connectivity index is 1.62. The normalized spacial score (nSPS) is 11.2. The van der Waals surface area contributed by atoms with Crippen LogP contribution in [0.3, 0.4) is 0 Å². The Hall–Kier alpha value is -2.69. The van der Waals surface area contributed by atoms with Gasteiger partial charge >= 0.3 is 0 Å². The molecule has 0 saturated heterocycles. The van der Waals surface area contributed by atoms with Gasteiger partial charge in [-0.3, -0.25) is 4.79 Å². The van der Waals surface area contributed by atoms with Crippen LogP contribution in [0, 0.1) is 0 Å². The number of amides is 1. The van der Waals surface area contributed by atoms with Gasteiger partial charge in [0.15, 0.2) is 0 Å². The third-order valence-corrected chi connectivity index (χ3v) is 5.88. The van der Waals surface area contributed by atoms with E-state index in [1.165, 1.54) is 0 Å². The summed E-state index contributed by atoms with van der Waals surface area (Å²) in [7, 11) is 1.64. The van der Waals surface area contributed by atoms with Gasteiger partial charge in [-0.15, -0.1) is 0 Å². The van der Waals surface area contributed by atoms with Crippen molar-refractivity contribution in [1.29, 1.82) is 0 Å². The molecule has 0 saturated carbocycles. The molecule has 0 unspecified atom stereocenters. The maximum atomic E-state index is 12.9. The summed E-state index contributed by atoms with van der Waals surface area (Å²) in [6.07, 6.45) is 1.90. The lowest BCUT2D eigenvalue weighted by molar-refractivity contribution is -0.115. The van der Waals surface area contributed by atoms with E-state index in [1.807, 2.05) is 84.9 Å². The highest BCUT2D eigenvalue weighted by Crippen LogP contribution is 2.22. The van der Waals surface area contributed by atoms with Crippen molar-refractivity contribution in [2.75, 3.05) is 19.4 Å². The third kappa shape index (κ3) is 6.41. The Morgan fingerprint density at radius 2 is 1.70 bits per heavy atom. The maximum absolute atomic E-state index is 12.9. The van der Waals surface area contributed by atoms with Crippen LogP contribution in [0.25, 0.3) is 11.6 Å². The third-order valence-electron chi connectivity index (χ3n) is 4.50. The number of carbonyl (C=O) groups excluding carboxylic acids is 1. The minimum atomic E-state index is -0.0876. The molecule has 3 aromatic carbocycles. The van der Waals surface area contributed by atoms with Crippen molar-refractivity contribution in [3.8, 4) is 5.75 Å². The van der Waals surface area contributed by atoms with E-state index in [4.69, 9.17) is 16.3 Å². The van der Waals surface area contributed by atoms with Crippen LogP contribution in [-0.4, -0.2) is 25.3 Å². The molecule has 0 heterocycles. The summed E-state index contributed by atoms with van der Waals surface area (Å²) in [6.45, 7) is 0.584. The van der Waals surface area contributed by atoms with Crippen molar-refractivity contribution in [3.05, 3.63) is 101 Å². The van der Waals surface area contributed by atoms with Crippen molar-refractivity contribution < 1.29 is 9.53 Å². The highest BCUT2D eigenvalue weighted by atomic mass is 35.5. The first-order valence-electron chi connectivity index (χ1n) is 9.68. The number of hydrogen-bond donors (Lipinski definition) is 1. The number of halogens is 1. The van der Waals surface area contributed by atoms with E-state index < -0.39 is 0 Å². The van der Waals surface area contributed by atoms with E-state index in [-0.39, 0.29) is 5.91 Å². The zero-order valence-corrected chi connectivity index (χ0v) is 18.4. The Bertz CT molecular complexity index is 988. The second-order valence-electron chi connectivity index (χ2n) is 6.60. The highest BCUT2D eigenvalue weighted by Gasteiger charge is 2.12.